The number of carbonyl (C=O) groups is 1. The number of halogens is 2. The van der Waals surface area contributed by atoms with Gasteiger partial charge in [0, 0.05) is 0 Å². The summed E-state index contributed by atoms with van der Waals surface area (Å²) in [6, 6.07) is 12.7. The van der Waals surface area contributed by atoms with Gasteiger partial charge in [-0.3, -0.25) is 4.79 Å². The summed E-state index contributed by atoms with van der Waals surface area (Å²) in [5.41, 5.74) is 0.812. The third kappa shape index (κ3) is 2.93. The summed E-state index contributed by atoms with van der Waals surface area (Å²) in [5.74, 6) is -0.571. The topological polar surface area (TPSA) is 26.3 Å². The average molecular weight is 279 g/mol. The molecule has 0 spiro atoms. The number of alkyl halides is 1. The molecule has 4 heteroatoms. The van der Waals surface area contributed by atoms with Crippen molar-refractivity contribution in [3.05, 3.63) is 65.5 Å². The molecule has 2 aromatic rings. The van der Waals surface area contributed by atoms with Crippen molar-refractivity contribution in [1.82, 2.24) is 0 Å². The van der Waals surface area contributed by atoms with Crippen LogP contribution in [-0.2, 0) is 0 Å². The zero-order valence-electron chi connectivity index (χ0n) is 10.3. The number of rotatable bonds is 4. The second-order valence-electron chi connectivity index (χ2n) is 3.98. The maximum atomic E-state index is 13.3. The number of hydrogen-bond donors (Lipinski definition) is 0. The summed E-state index contributed by atoms with van der Waals surface area (Å²) in [6.07, 6.45) is 0. The van der Waals surface area contributed by atoms with Gasteiger partial charge in [0.2, 0.25) is 0 Å². The Morgan fingerprint density at radius 2 is 1.89 bits per heavy atom. The van der Waals surface area contributed by atoms with Crippen LogP contribution in [0.3, 0.4) is 0 Å². The lowest BCUT2D eigenvalue weighted by Gasteiger charge is -2.12. The van der Waals surface area contributed by atoms with Crippen LogP contribution in [0.25, 0.3) is 0 Å². The van der Waals surface area contributed by atoms with Gasteiger partial charge in [-0.1, -0.05) is 30.3 Å². The van der Waals surface area contributed by atoms with E-state index in [1.807, 2.05) is 6.07 Å². The van der Waals surface area contributed by atoms with Crippen molar-refractivity contribution >= 4 is 17.4 Å². The van der Waals surface area contributed by atoms with Crippen LogP contribution in [0, 0.1) is 5.82 Å². The molecule has 1 atom stereocenters. The Morgan fingerprint density at radius 1 is 1.21 bits per heavy atom. The van der Waals surface area contributed by atoms with Crippen LogP contribution in [0.2, 0.25) is 0 Å². The van der Waals surface area contributed by atoms with Gasteiger partial charge in [0.05, 0.1) is 12.7 Å². The maximum Gasteiger partial charge on any atom is 0.188 e. The lowest BCUT2D eigenvalue weighted by atomic mass is 10.0. The molecule has 0 amide bonds. The van der Waals surface area contributed by atoms with E-state index in [1.54, 1.807) is 24.3 Å². The first-order valence-electron chi connectivity index (χ1n) is 5.70. The summed E-state index contributed by atoms with van der Waals surface area (Å²) < 4.78 is 18.3. The molecule has 0 aromatic heterocycles. The highest BCUT2D eigenvalue weighted by Gasteiger charge is 2.22. The number of benzene rings is 2. The molecule has 0 aliphatic heterocycles. The van der Waals surface area contributed by atoms with E-state index in [4.69, 9.17) is 16.3 Å². The van der Waals surface area contributed by atoms with Gasteiger partial charge in [-0.2, -0.15) is 0 Å². The fourth-order valence-electron chi connectivity index (χ4n) is 1.78. The van der Waals surface area contributed by atoms with Crippen LogP contribution in [-0.4, -0.2) is 12.9 Å². The Kier molecular flexibility index (Phi) is 4.17. The fourth-order valence-corrected chi connectivity index (χ4v) is 2.05. The zero-order chi connectivity index (χ0) is 13.8. The van der Waals surface area contributed by atoms with E-state index in [9.17, 15) is 9.18 Å². The van der Waals surface area contributed by atoms with E-state index in [0.717, 1.165) is 6.07 Å². The number of methoxy groups -OCH3 is 1. The molecule has 0 N–H and O–H groups in total. The van der Waals surface area contributed by atoms with Gasteiger partial charge in [-0.25, -0.2) is 4.39 Å². The lowest BCUT2D eigenvalue weighted by molar-refractivity contribution is 0.0983. The molecular weight excluding hydrogens is 267 g/mol. The van der Waals surface area contributed by atoms with E-state index >= 15 is 0 Å². The maximum absolute atomic E-state index is 13.3. The lowest BCUT2D eigenvalue weighted by Crippen LogP contribution is -2.09. The van der Waals surface area contributed by atoms with Gasteiger partial charge in [0.15, 0.2) is 5.78 Å². The molecular formula is C15H12ClFO2. The summed E-state index contributed by atoms with van der Waals surface area (Å²) in [6.45, 7) is 0. The minimum absolute atomic E-state index is 0.145. The summed E-state index contributed by atoms with van der Waals surface area (Å²) in [4.78, 5) is 12.3. The predicted molar refractivity (Wildman–Crippen MR) is 72.3 cm³/mol. The summed E-state index contributed by atoms with van der Waals surface area (Å²) in [7, 11) is 1.43. The summed E-state index contributed by atoms with van der Waals surface area (Å²) >= 11 is 6.14. The molecule has 0 radical (unpaired) electrons. The molecule has 2 rings (SSSR count). The second kappa shape index (κ2) is 5.85. The van der Waals surface area contributed by atoms with E-state index in [1.165, 1.54) is 19.2 Å². The first-order chi connectivity index (χ1) is 9.13. The highest BCUT2D eigenvalue weighted by atomic mass is 35.5. The van der Waals surface area contributed by atoms with Gasteiger partial charge in [-0.05, 0) is 23.8 Å². The molecule has 2 aromatic carbocycles. The van der Waals surface area contributed by atoms with Crippen molar-refractivity contribution in [2.45, 2.75) is 5.38 Å². The van der Waals surface area contributed by atoms with Crippen LogP contribution in [0.1, 0.15) is 21.3 Å². The van der Waals surface area contributed by atoms with Gasteiger partial charge < -0.3 is 4.74 Å². The highest BCUT2D eigenvalue weighted by molar-refractivity contribution is 6.34. The first-order valence-corrected chi connectivity index (χ1v) is 6.14. The molecule has 0 fully saturated rings. The molecule has 0 aliphatic rings. The van der Waals surface area contributed by atoms with Crippen molar-refractivity contribution in [2.24, 2.45) is 0 Å². The van der Waals surface area contributed by atoms with Crippen molar-refractivity contribution < 1.29 is 13.9 Å². The SMILES string of the molecule is COc1ccc(F)cc1C(=O)C(Cl)c1ccccc1. The molecule has 19 heavy (non-hydrogen) atoms. The average Bonchev–Trinajstić information content (AvgIpc) is 2.46. The van der Waals surface area contributed by atoms with Crippen molar-refractivity contribution in [3.8, 4) is 5.75 Å². The predicted octanol–water partition coefficient (Wildman–Crippen LogP) is 4.00. The smallest absolute Gasteiger partial charge is 0.188 e. The minimum atomic E-state index is -0.864. The Bertz CT molecular complexity index is 584. The number of ketones is 1. The van der Waals surface area contributed by atoms with Crippen LogP contribution in [0.15, 0.2) is 48.5 Å². The normalized spacial score (nSPS) is 11.9. The molecule has 1 unspecified atom stereocenters. The number of hydrogen-bond acceptors (Lipinski definition) is 2. The highest BCUT2D eigenvalue weighted by Crippen LogP contribution is 2.29. The number of ether oxygens (including phenoxy) is 1. The van der Waals surface area contributed by atoms with E-state index < -0.39 is 11.2 Å². The summed E-state index contributed by atoms with van der Waals surface area (Å²) in [5, 5.41) is -0.864. The van der Waals surface area contributed by atoms with Crippen LogP contribution < -0.4 is 4.74 Å². The van der Waals surface area contributed by atoms with E-state index in [-0.39, 0.29) is 11.3 Å². The van der Waals surface area contributed by atoms with Crippen LogP contribution in [0.5, 0.6) is 5.75 Å². The molecule has 0 bridgehead atoms. The van der Waals surface area contributed by atoms with Gasteiger partial charge in [-0.15, -0.1) is 11.6 Å². The van der Waals surface area contributed by atoms with Gasteiger partial charge in [0.1, 0.15) is 16.9 Å². The molecule has 0 saturated carbocycles. The molecule has 98 valence electrons. The van der Waals surface area contributed by atoms with Crippen molar-refractivity contribution in [1.29, 1.82) is 0 Å². The van der Waals surface area contributed by atoms with Gasteiger partial charge >= 0.3 is 0 Å². The van der Waals surface area contributed by atoms with Crippen LogP contribution >= 0.6 is 11.6 Å². The molecule has 2 nitrogen and oxygen atoms in total. The fraction of sp³-hybridized carbons (Fsp3) is 0.133. The van der Waals surface area contributed by atoms with Crippen LogP contribution in [0.4, 0.5) is 4.39 Å². The van der Waals surface area contributed by atoms with Crippen molar-refractivity contribution in [2.75, 3.05) is 7.11 Å². The second-order valence-corrected chi connectivity index (χ2v) is 4.42. The Labute approximate surface area is 115 Å². The molecule has 0 heterocycles. The third-order valence-electron chi connectivity index (χ3n) is 2.75. The van der Waals surface area contributed by atoms with Gasteiger partial charge in [0.25, 0.3) is 0 Å². The van der Waals surface area contributed by atoms with E-state index in [0.29, 0.717) is 11.3 Å². The monoisotopic (exact) mass is 278 g/mol. The Morgan fingerprint density at radius 3 is 2.53 bits per heavy atom. The first kappa shape index (κ1) is 13.6. The van der Waals surface area contributed by atoms with Crippen molar-refractivity contribution in [3.63, 3.8) is 0 Å². The Balaban J connectivity index is 2.37. The third-order valence-corrected chi connectivity index (χ3v) is 3.20. The number of carbonyl (C=O) groups excluding carboxylic acids is 1. The molecule has 0 aliphatic carbocycles. The molecule has 0 saturated heterocycles. The largest absolute Gasteiger partial charge is 0.496 e. The Hall–Kier alpha value is -1.87. The standard InChI is InChI=1S/C15H12ClFO2/c1-19-13-8-7-11(17)9-12(13)15(18)14(16)10-5-3-2-4-6-10/h2-9,14H,1H3. The van der Waals surface area contributed by atoms with E-state index in [2.05, 4.69) is 0 Å². The minimum Gasteiger partial charge on any atom is -0.496 e. The quantitative estimate of drug-likeness (QED) is 0.624. The zero-order valence-corrected chi connectivity index (χ0v) is 11.0. The number of Topliss-reactive ketones (excluding diaryl/α,β-unsaturated/α-hetero) is 1.